The fourth-order valence-electron chi connectivity index (χ4n) is 0.910. The highest BCUT2D eigenvalue weighted by atomic mass is 16.5. The van der Waals surface area contributed by atoms with Gasteiger partial charge in [-0.2, -0.15) is 0 Å². The third kappa shape index (κ3) is 3.51. The number of anilines is 1. The van der Waals surface area contributed by atoms with Crippen LogP contribution in [-0.2, 0) is 0 Å². The van der Waals surface area contributed by atoms with E-state index < -0.39 is 5.91 Å². The summed E-state index contributed by atoms with van der Waals surface area (Å²) < 4.78 is 0. The number of hydrogen-bond donors (Lipinski definition) is 3. The molecule has 82 valence electrons. The van der Waals surface area contributed by atoms with Crippen LogP contribution in [0, 0.1) is 0 Å². The zero-order valence-corrected chi connectivity index (χ0v) is 8.90. The first-order valence-corrected chi connectivity index (χ1v) is 4.47. The summed E-state index contributed by atoms with van der Waals surface area (Å²) in [7, 11) is 0. The lowest BCUT2D eigenvalue weighted by Crippen LogP contribution is -2.27. The maximum Gasteiger partial charge on any atom is 0.277 e. The lowest BCUT2D eigenvalue weighted by atomic mass is 10.1. The molecule has 0 fully saturated rings. The quantitative estimate of drug-likeness (QED) is 0.496. The van der Waals surface area contributed by atoms with Gasteiger partial charge in [0.25, 0.3) is 5.91 Å². The molecule has 1 amide bonds. The van der Waals surface area contributed by atoms with Gasteiger partial charge in [-0.3, -0.25) is 10.0 Å². The van der Waals surface area contributed by atoms with E-state index in [1.54, 1.807) is 0 Å². The first-order chi connectivity index (χ1) is 6.92. The molecular weight excluding hydrogens is 196 g/mol. The van der Waals surface area contributed by atoms with E-state index >= 15 is 0 Å². The number of nitrogens with zero attached hydrogens (tertiary/aromatic N) is 2. The van der Waals surface area contributed by atoms with Crippen LogP contribution in [0.25, 0.3) is 0 Å². The smallest absolute Gasteiger partial charge is 0.277 e. The van der Waals surface area contributed by atoms with Gasteiger partial charge >= 0.3 is 0 Å². The van der Waals surface area contributed by atoms with E-state index in [1.165, 1.54) is 17.9 Å². The number of nitrogens with one attached hydrogen (secondary N) is 2. The maximum atomic E-state index is 10.9. The molecule has 3 N–H and O–H groups in total. The molecule has 6 heteroatoms. The number of carbonyl (C=O) groups excluding carboxylic acids is 1. The number of hydrogen-bond acceptors (Lipinski definition) is 5. The molecule has 0 aromatic carbocycles. The molecular formula is C9H14N4O2. The summed E-state index contributed by atoms with van der Waals surface area (Å²) in [6.07, 6.45) is 2.68. The van der Waals surface area contributed by atoms with Crippen molar-refractivity contribution in [2.75, 3.05) is 5.32 Å². The minimum atomic E-state index is -0.627. The molecule has 0 bridgehead atoms. The molecule has 0 atom stereocenters. The van der Waals surface area contributed by atoms with Crippen LogP contribution in [0.5, 0.6) is 0 Å². The summed E-state index contributed by atoms with van der Waals surface area (Å²) in [5, 5.41) is 11.4. The first kappa shape index (κ1) is 11.4. The minimum absolute atomic E-state index is 0.138. The Balaban J connectivity index is 2.77. The van der Waals surface area contributed by atoms with Gasteiger partial charge in [-0.25, -0.2) is 15.4 Å². The van der Waals surface area contributed by atoms with Crippen LogP contribution in [0.1, 0.15) is 31.1 Å². The zero-order valence-electron chi connectivity index (χ0n) is 8.90. The zero-order chi connectivity index (χ0) is 11.5. The third-order valence-electron chi connectivity index (χ3n) is 1.50. The van der Waals surface area contributed by atoms with Gasteiger partial charge < -0.3 is 5.32 Å². The number of rotatable bonds is 2. The van der Waals surface area contributed by atoms with Gasteiger partial charge in [-0.1, -0.05) is 0 Å². The Hall–Kier alpha value is -1.69. The summed E-state index contributed by atoms with van der Waals surface area (Å²) in [6.45, 7) is 5.93. The van der Waals surface area contributed by atoms with Crippen LogP contribution in [0.2, 0.25) is 0 Å². The van der Waals surface area contributed by atoms with Gasteiger partial charge in [0.05, 0.1) is 5.56 Å². The molecule has 0 aliphatic carbocycles. The normalized spacial score (nSPS) is 10.9. The molecule has 0 saturated carbocycles. The monoisotopic (exact) mass is 210 g/mol. The van der Waals surface area contributed by atoms with E-state index in [-0.39, 0.29) is 11.1 Å². The lowest BCUT2D eigenvalue weighted by Gasteiger charge is -2.20. The number of amides is 1. The number of carbonyl (C=O) groups is 1. The minimum Gasteiger partial charge on any atom is -0.350 e. The van der Waals surface area contributed by atoms with Gasteiger partial charge in [-0.15, -0.1) is 0 Å². The summed E-state index contributed by atoms with van der Waals surface area (Å²) in [6, 6.07) is 0. The molecule has 0 unspecified atom stereocenters. The first-order valence-electron chi connectivity index (χ1n) is 4.47. The highest BCUT2D eigenvalue weighted by Gasteiger charge is 2.11. The van der Waals surface area contributed by atoms with E-state index in [9.17, 15) is 4.79 Å². The predicted octanol–water partition coefficient (Wildman–Crippen LogP) is 0.806. The summed E-state index contributed by atoms with van der Waals surface area (Å²) in [4.78, 5) is 18.8. The molecule has 0 aliphatic heterocycles. The molecule has 6 nitrogen and oxygen atoms in total. The third-order valence-corrected chi connectivity index (χ3v) is 1.50. The Morgan fingerprint density at radius 1 is 1.33 bits per heavy atom. The maximum absolute atomic E-state index is 10.9. The Bertz CT molecular complexity index is 342. The van der Waals surface area contributed by atoms with Gasteiger partial charge in [0.1, 0.15) is 0 Å². The van der Waals surface area contributed by atoms with Crippen LogP contribution in [-0.4, -0.2) is 26.6 Å². The van der Waals surface area contributed by atoms with E-state index in [0.717, 1.165) is 0 Å². The molecule has 1 heterocycles. The van der Waals surface area contributed by atoms with Crippen molar-refractivity contribution in [3.8, 4) is 0 Å². The van der Waals surface area contributed by atoms with Crippen LogP contribution in [0.4, 0.5) is 5.95 Å². The Morgan fingerprint density at radius 3 is 2.27 bits per heavy atom. The van der Waals surface area contributed by atoms with Crippen LogP contribution >= 0.6 is 0 Å². The van der Waals surface area contributed by atoms with Crippen molar-refractivity contribution in [3.05, 3.63) is 18.0 Å². The van der Waals surface area contributed by atoms with Gasteiger partial charge in [0.2, 0.25) is 5.95 Å². The second-order valence-corrected chi connectivity index (χ2v) is 4.11. The highest BCUT2D eigenvalue weighted by molar-refractivity contribution is 5.92. The SMILES string of the molecule is CC(C)(C)Nc1ncc(C(=O)NO)cn1. The summed E-state index contributed by atoms with van der Waals surface area (Å²) in [5.41, 5.74) is 1.58. The van der Waals surface area contributed by atoms with Crippen LogP contribution in [0.15, 0.2) is 12.4 Å². The Labute approximate surface area is 87.7 Å². The van der Waals surface area contributed by atoms with Crippen molar-refractivity contribution in [3.63, 3.8) is 0 Å². The van der Waals surface area contributed by atoms with Gasteiger partial charge in [0.15, 0.2) is 0 Å². The Kier molecular flexibility index (Phi) is 3.21. The number of aromatic nitrogens is 2. The second-order valence-electron chi connectivity index (χ2n) is 4.11. The average Bonchev–Trinajstić information content (AvgIpc) is 2.15. The molecule has 15 heavy (non-hydrogen) atoms. The molecule has 0 radical (unpaired) electrons. The van der Waals surface area contributed by atoms with Crippen molar-refractivity contribution in [1.29, 1.82) is 0 Å². The van der Waals surface area contributed by atoms with Gasteiger partial charge in [-0.05, 0) is 20.8 Å². The van der Waals surface area contributed by atoms with Crippen molar-refractivity contribution in [2.24, 2.45) is 0 Å². The summed E-state index contributed by atoms with van der Waals surface area (Å²) >= 11 is 0. The lowest BCUT2D eigenvalue weighted by molar-refractivity contribution is 0.0705. The van der Waals surface area contributed by atoms with Crippen molar-refractivity contribution in [1.82, 2.24) is 15.4 Å². The van der Waals surface area contributed by atoms with Crippen molar-refractivity contribution < 1.29 is 10.0 Å². The molecule has 0 spiro atoms. The van der Waals surface area contributed by atoms with E-state index in [1.807, 2.05) is 20.8 Å². The summed E-state index contributed by atoms with van der Waals surface area (Å²) in [5.74, 6) is -0.186. The average molecular weight is 210 g/mol. The Morgan fingerprint density at radius 2 is 1.87 bits per heavy atom. The highest BCUT2D eigenvalue weighted by Crippen LogP contribution is 2.08. The predicted molar refractivity (Wildman–Crippen MR) is 54.7 cm³/mol. The standard InChI is InChI=1S/C9H14N4O2/c1-9(2,3)12-8-10-4-6(5-11-8)7(14)13-15/h4-5,15H,1-3H3,(H,13,14)(H,10,11,12). The van der Waals surface area contributed by atoms with Crippen molar-refractivity contribution in [2.45, 2.75) is 26.3 Å². The fraction of sp³-hybridized carbons (Fsp3) is 0.444. The van der Waals surface area contributed by atoms with Crippen LogP contribution < -0.4 is 10.8 Å². The molecule has 0 aliphatic rings. The molecule has 1 aromatic rings. The topological polar surface area (TPSA) is 87.1 Å². The van der Waals surface area contributed by atoms with Crippen LogP contribution in [0.3, 0.4) is 0 Å². The fourth-order valence-corrected chi connectivity index (χ4v) is 0.910. The number of hydroxylamine groups is 1. The second kappa shape index (κ2) is 4.22. The molecule has 1 rings (SSSR count). The van der Waals surface area contributed by atoms with E-state index in [0.29, 0.717) is 5.95 Å². The molecule has 1 aromatic heterocycles. The van der Waals surface area contributed by atoms with E-state index in [2.05, 4.69) is 15.3 Å². The van der Waals surface area contributed by atoms with E-state index in [4.69, 9.17) is 5.21 Å². The van der Waals surface area contributed by atoms with Gasteiger partial charge in [0, 0.05) is 17.9 Å². The largest absolute Gasteiger partial charge is 0.350 e. The molecule has 0 saturated heterocycles. The van der Waals surface area contributed by atoms with Crippen molar-refractivity contribution >= 4 is 11.9 Å².